The number of rotatable bonds is 5. The molecule has 0 saturated heterocycles. The largest absolute Gasteiger partial charge is 0.394 e. The van der Waals surface area contributed by atoms with Gasteiger partial charge >= 0.3 is 0 Å². The molecule has 0 aromatic heterocycles. The van der Waals surface area contributed by atoms with E-state index < -0.39 is 0 Å². The number of nitrogens with zero attached hydrogens (tertiary/aromatic N) is 1. The van der Waals surface area contributed by atoms with Gasteiger partial charge in [-0.15, -0.1) is 0 Å². The van der Waals surface area contributed by atoms with Crippen molar-refractivity contribution in [2.24, 2.45) is 5.92 Å². The Morgan fingerprint density at radius 2 is 2.20 bits per heavy atom. The van der Waals surface area contributed by atoms with Gasteiger partial charge in [0.25, 0.3) is 0 Å². The van der Waals surface area contributed by atoms with E-state index in [0.717, 1.165) is 24.8 Å². The molecular weight excluding hydrogens is 248 g/mol. The van der Waals surface area contributed by atoms with Crippen LogP contribution in [-0.4, -0.2) is 23.8 Å². The van der Waals surface area contributed by atoms with E-state index in [1.54, 1.807) is 0 Å². The molecule has 0 radical (unpaired) electrons. The summed E-state index contributed by atoms with van der Waals surface area (Å²) >= 11 is 0. The van der Waals surface area contributed by atoms with Crippen molar-refractivity contribution >= 4 is 0 Å². The van der Waals surface area contributed by atoms with Gasteiger partial charge < -0.3 is 10.4 Å². The van der Waals surface area contributed by atoms with Crippen LogP contribution in [0.4, 0.5) is 0 Å². The Morgan fingerprint density at radius 3 is 2.80 bits per heavy atom. The second-order valence-corrected chi connectivity index (χ2v) is 6.11. The van der Waals surface area contributed by atoms with Gasteiger partial charge in [-0.1, -0.05) is 50.1 Å². The quantitative estimate of drug-likeness (QED) is 0.866. The van der Waals surface area contributed by atoms with Crippen LogP contribution in [-0.2, 0) is 0 Å². The van der Waals surface area contributed by atoms with Gasteiger partial charge in [0, 0.05) is 12.1 Å². The average Bonchev–Trinajstić information content (AvgIpc) is 2.49. The fourth-order valence-corrected chi connectivity index (χ4v) is 3.26. The molecule has 1 saturated carbocycles. The minimum Gasteiger partial charge on any atom is -0.394 e. The van der Waals surface area contributed by atoms with Crippen molar-refractivity contribution in [3.63, 3.8) is 0 Å². The molecule has 0 spiro atoms. The molecule has 20 heavy (non-hydrogen) atoms. The standard InChI is InChI=1S/C17H24N2O/c1-14-6-5-9-17(10-14,13-20)19-12-16(11-18)15-7-3-2-4-8-15/h2-4,7-8,14,16,19-20H,5-6,9-10,12-13H2,1H3. The summed E-state index contributed by atoms with van der Waals surface area (Å²) in [5.41, 5.74) is 0.848. The third-order valence-electron chi connectivity index (χ3n) is 4.43. The summed E-state index contributed by atoms with van der Waals surface area (Å²) in [6.45, 7) is 3.00. The van der Waals surface area contributed by atoms with Crippen LogP contribution in [0.5, 0.6) is 0 Å². The summed E-state index contributed by atoms with van der Waals surface area (Å²) in [4.78, 5) is 0. The first-order valence-corrected chi connectivity index (χ1v) is 7.49. The van der Waals surface area contributed by atoms with E-state index >= 15 is 0 Å². The maximum atomic E-state index is 9.77. The smallest absolute Gasteiger partial charge is 0.0837 e. The molecule has 2 N–H and O–H groups in total. The van der Waals surface area contributed by atoms with Crippen molar-refractivity contribution in [3.8, 4) is 6.07 Å². The second-order valence-electron chi connectivity index (χ2n) is 6.11. The summed E-state index contributed by atoms with van der Waals surface area (Å²) in [6.07, 6.45) is 4.39. The number of aliphatic hydroxyl groups excluding tert-OH is 1. The van der Waals surface area contributed by atoms with Gasteiger partial charge in [0.15, 0.2) is 0 Å². The first-order chi connectivity index (χ1) is 9.69. The van der Waals surface area contributed by atoms with Crippen molar-refractivity contribution in [1.29, 1.82) is 5.26 Å². The normalized spacial score (nSPS) is 27.8. The Labute approximate surface area is 121 Å². The molecule has 3 heteroatoms. The molecule has 1 aromatic carbocycles. The Morgan fingerprint density at radius 1 is 1.45 bits per heavy atom. The summed E-state index contributed by atoms with van der Waals surface area (Å²) in [6, 6.07) is 12.2. The number of benzene rings is 1. The maximum absolute atomic E-state index is 9.77. The topological polar surface area (TPSA) is 56.0 Å². The minimum atomic E-state index is -0.193. The van der Waals surface area contributed by atoms with E-state index in [2.05, 4.69) is 18.3 Å². The van der Waals surface area contributed by atoms with E-state index in [-0.39, 0.29) is 18.1 Å². The lowest BCUT2D eigenvalue weighted by Gasteiger charge is -2.40. The molecule has 3 unspecified atom stereocenters. The highest BCUT2D eigenvalue weighted by Gasteiger charge is 2.34. The SMILES string of the molecule is CC1CCCC(CO)(NCC(C#N)c2ccccc2)C1. The molecule has 0 heterocycles. The predicted octanol–water partition coefficient (Wildman–Crippen LogP) is 2.82. The van der Waals surface area contributed by atoms with Crippen LogP contribution >= 0.6 is 0 Å². The highest BCUT2D eigenvalue weighted by molar-refractivity contribution is 5.25. The van der Waals surface area contributed by atoms with Gasteiger partial charge in [0.1, 0.15) is 0 Å². The Bertz CT molecular complexity index is 454. The summed E-state index contributed by atoms with van der Waals surface area (Å²) in [5, 5.41) is 22.6. The number of hydrogen-bond donors (Lipinski definition) is 2. The maximum Gasteiger partial charge on any atom is 0.0837 e. The van der Waals surface area contributed by atoms with Gasteiger partial charge in [-0.2, -0.15) is 5.26 Å². The van der Waals surface area contributed by atoms with Crippen molar-refractivity contribution in [2.75, 3.05) is 13.2 Å². The zero-order chi connectivity index (χ0) is 14.4. The monoisotopic (exact) mass is 272 g/mol. The molecule has 1 fully saturated rings. The lowest BCUT2D eigenvalue weighted by molar-refractivity contribution is 0.0995. The third-order valence-corrected chi connectivity index (χ3v) is 4.43. The van der Waals surface area contributed by atoms with Crippen LogP contribution in [0, 0.1) is 17.2 Å². The summed E-state index contributed by atoms with van der Waals surface area (Å²) in [7, 11) is 0. The fraction of sp³-hybridized carbons (Fsp3) is 0.588. The molecule has 3 nitrogen and oxygen atoms in total. The zero-order valence-electron chi connectivity index (χ0n) is 12.2. The summed E-state index contributed by atoms with van der Waals surface area (Å²) in [5.74, 6) is 0.484. The van der Waals surface area contributed by atoms with Gasteiger partial charge in [0.05, 0.1) is 18.6 Å². The van der Waals surface area contributed by atoms with E-state index in [1.807, 2.05) is 30.3 Å². The Hall–Kier alpha value is -1.37. The molecule has 0 bridgehead atoms. The van der Waals surface area contributed by atoms with Crippen LogP contribution < -0.4 is 5.32 Å². The second kappa shape index (κ2) is 6.88. The zero-order valence-corrected chi connectivity index (χ0v) is 12.2. The van der Waals surface area contributed by atoms with Crippen molar-refractivity contribution in [2.45, 2.75) is 44.1 Å². The first kappa shape index (κ1) is 15.0. The summed E-state index contributed by atoms with van der Waals surface area (Å²) < 4.78 is 0. The molecule has 0 amide bonds. The molecule has 3 atom stereocenters. The molecule has 108 valence electrons. The lowest BCUT2D eigenvalue weighted by atomic mass is 9.76. The average molecular weight is 272 g/mol. The van der Waals surface area contributed by atoms with Gasteiger partial charge in [-0.05, 0) is 24.3 Å². The van der Waals surface area contributed by atoms with Gasteiger partial charge in [-0.25, -0.2) is 0 Å². The number of aliphatic hydroxyl groups is 1. The van der Waals surface area contributed by atoms with E-state index in [9.17, 15) is 10.4 Å². The lowest BCUT2D eigenvalue weighted by Crippen LogP contribution is -2.52. The van der Waals surface area contributed by atoms with Crippen LogP contribution in [0.1, 0.15) is 44.1 Å². The van der Waals surface area contributed by atoms with E-state index in [0.29, 0.717) is 12.5 Å². The molecule has 1 aromatic rings. The Kier molecular flexibility index (Phi) is 5.17. The van der Waals surface area contributed by atoms with Crippen molar-refractivity contribution in [3.05, 3.63) is 35.9 Å². The van der Waals surface area contributed by atoms with Crippen LogP contribution in [0.25, 0.3) is 0 Å². The number of nitriles is 1. The van der Waals surface area contributed by atoms with Crippen LogP contribution in [0.2, 0.25) is 0 Å². The van der Waals surface area contributed by atoms with E-state index in [1.165, 1.54) is 6.42 Å². The van der Waals surface area contributed by atoms with E-state index in [4.69, 9.17) is 0 Å². The van der Waals surface area contributed by atoms with Crippen LogP contribution in [0.3, 0.4) is 0 Å². The number of hydrogen-bond acceptors (Lipinski definition) is 3. The fourth-order valence-electron chi connectivity index (χ4n) is 3.26. The predicted molar refractivity (Wildman–Crippen MR) is 80.2 cm³/mol. The molecule has 0 aliphatic heterocycles. The highest BCUT2D eigenvalue weighted by atomic mass is 16.3. The third kappa shape index (κ3) is 3.59. The number of nitrogens with one attached hydrogen (secondary N) is 1. The van der Waals surface area contributed by atoms with Gasteiger partial charge in [0.2, 0.25) is 0 Å². The Balaban J connectivity index is 2.00. The van der Waals surface area contributed by atoms with Crippen molar-refractivity contribution < 1.29 is 5.11 Å². The molecule has 1 aliphatic rings. The minimum absolute atomic E-state index is 0.156. The van der Waals surface area contributed by atoms with Gasteiger partial charge in [-0.3, -0.25) is 0 Å². The first-order valence-electron chi connectivity index (χ1n) is 7.49. The molecule has 1 aliphatic carbocycles. The molecule has 2 rings (SSSR count). The highest BCUT2D eigenvalue weighted by Crippen LogP contribution is 2.32. The molecular formula is C17H24N2O. The van der Waals surface area contributed by atoms with Crippen LogP contribution in [0.15, 0.2) is 30.3 Å². The van der Waals surface area contributed by atoms with Crippen molar-refractivity contribution in [1.82, 2.24) is 5.32 Å².